The summed E-state index contributed by atoms with van der Waals surface area (Å²) >= 11 is 0. The first-order valence-corrected chi connectivity index (χ1v) is 10.3. The second-order valence-electron chi connectivity index (χ2n) is 7.88. The molecule has 0 aromatic heterocycles. The van der Waals surface area contributed by atoms with Crippen LogP contribution >= 0.6 is 0 Å². The van der Waals surface area contributed by atoms with Crippen molar-refractivity contribution in [1.29, 1.82) is 5.41 Å². The molecule has 1 fully saturated rings. The molecular weight excluding hydrogens is 378 g/mol. The number of amidine groups is 1. The van der Waals surface area contributed by atoms with Crippen molar-refractivity contribution in [1.82, 2.24) is 5.32 Å². The summed E-state index contributed by atoms with van der Waals surface area (Å²) in [5.41, 5.74) is 13.1. The number of amides is 2. The van der Waals surface area contributed by atoms with Gasteiger partial charge in [-0.25, -0.2) is 0 Å². The van der Waals surface area contributed by atoms with Crippen molar-refractivity contribution >= 4 is 29.0 Å². The molecule has 0 aliphatic heterocycles. The van der Waals surface area contributed by atoms with Crippen LogP contribution in [0.3, 0.4) is 0 Å². The molecule has 3 rings (SSSR count). The van der Waals surface area contributed by atoms with Crippen LogP contribution in [0.5, 0.6) is 0 Å². The smallest absolute Gasteiger partial charge is 0.260 e. The van der Waals surface area contributed by atoms with E-state index in [9.17, 15) is 9.59 Å². The van der Waals surface area contributed by atoms with Crippen molar-refractivity contribution in [3.05, 3.63) is 59.7 Å². The molecular formula is C23H29N5O2. The third-order valence-electron chi connectivity index (χ3n) is 5.67. The van der Waals surface area contributed by atoms with Crippen LogP contribution < -0.4 is 21.7 Å². The first kappa shape index (κ1) is 21.4. The summed E-state index contributed by atoms with van der Waals surface area (Å²) in [5.74, 6) is -0.341. The number of para-hydroxylation sites is 1. The van der Waals surface area contributed by atoms with Crippen molar-refractivity contribution < 1.29 is 9.59 Å². The first-order chi connectivity index (χ1) is 14.4. The van der Waals surface area contributed by atoms with Gasteiger partial charge in [-0.1, -0.05) is 38.0 Å². The number of hydrogen-bond donors (Lipinski definition) is 4. The topological polar surface area (TPSA) is 125 Å². The lowest BCUT2D eigenvalue weighted by Crippen LogP contribution is -2.47. The van der Waals surface area contributed by atoms with E-state index < -0.39 is 5.91 Å². The number of benzene rings is 2. The molecule has 1 aliphatic carbocycles. The van der Waals surface area contributed by atoms with Crippen LogP contribution in [0.2, 0.25) is 0 Å². The highest BCUT2D eigenvalue weighted by molar-refractivity contribution is 6.12. The van der Waals surface area contributed by atoms with Crippen molar-refractivity contribution in [2.24, 2.45) is 11.7 Å². The third-order valence-corrected chi connectivity index (χ3v) is 5.67. The van der Waals surface area contributed by atoms with Crippen molar-refractivity contribution in [3.8, 4) is 0 Å². The molecule has 1 saturated carbocycles. The number of nitrogen functional groups attached to an aromatic ring is 2. The zero-order valence-electron chi connectivity index (χ0n) is 17.2. The van der Waals surface area contributed by atoms with E-state index in [0.29, 0.717) is 17.2 Å². The largest absolute Gasteiger partial charge is 0.398 e. The van der Waals surface area contributed by atoms with E-state index in [-0.39, 0.29) is 35.6 Å². The van der Waals surface area contributed by atoms with Crippen molar-refractivity contribution in [3.63, 3.8) is 0 Å². The predicted octanol–water partition coefficient (Wildman–Crippen LogP) is 2.89. The van der Waals surface area contributed by atoms with Gasteiger partial charge in [0.05, 0.1) is 5.56 Å². The molecule has 0 saturated heterocycles. The SMILES string of the molecule is CC1CCCCC1NC(=O)CN(C(=O)c1cc(C(=N)N)ccc1N)c1ccccc1. The lowest BCUT2D eigenvalue weighted by molar-refractivity contribution is -0.121. The number of nitrogens with zero attached hydrogens (tertiary/aromatic N) is 1. The molecule has 0 bridgehead atoms. The van der Waals surface area contributed by atoms with Gasteiger partial charge in [0.1, 0.15) is 12.4 Å². The van der Waals surface area contributed by atoms with Gasteiger partial charge in [-0.2, -0.15) is 0 Å². The monoisotopic (exact) mass is 407 g/mol. The Morgan fingerprint density at radius 1 is 1.13 bits per heavy atom. The summed E-state index contributed by atoms with van der Waals surface area (Å²) in [7, 11) is 0. The molecule has 1 aliphatic rings. The minimum absolute atomic E-state index is 0.115. The van der Waals surface area contributed by atoms with Crippen LogP contribution in [0, 0.1) is 11.3 Å². The fraction of sp³-hybridized carbons (Fsp3) is 0.348. The molecule has 7 heteroatoms. The maximum Gasteiger partial charge on any atom is 0.260 e. The van der Waals surface area contributed by atoms with Gasteiger partial charge in [0.25, 0.3) is 5.91 Å². The number of nitrogens with one attached hydrogen (secondary N) is 2. The van der Waals surface area contributed by atoms with Crippen LogP contribution in [0.1, 0.15) is 48.5 Å². The van der Waals surface area contributed by atoms with Crippen molar-refractivity contribution in [2.75, 3.05) is 17.2 Å². The van der Waals surface area contributed by atoms with Gasteiger partial charge in [0, 0.05) is 23.0 Å². The Morgan fingerprint density at radius 2 is 1.83 bits per heavy atom. The quantitative estimate of drug-likeness (QED) is 0.334. The zero-order valence-corrected chi connectivity index (χ0v) is 17.2. The average molecular weight is 408 g/mol. The summed E-state index contributed by atoms with van der Waals surface area (Å²) in [5, 5.41) is 10.7. The van der Waals surface area contributed by atoms with E-state index in [1.54, 1.807) is 24.3 Å². The number of anilines is 2. The Morgan fingerprint density at radius 3 is 2.50 bits per heavy atom. The third kappa shape index (κ3) is 4.97. The van der Waals surface area contributed by atoms with E-state index in [0.717, 1.165) is 19.3 Å². The molecule has 2 aromatic rings. The first-order valence-electron chi connectivity index (χ1n) is 10.3. The highest BCUT2D eigenvalue weighted by Crippen LogP contribution is 2.24. The normalized spacial score (nSPS) is 18.4. The second kappa shape index (κ2) is 9.43. The predicted molar refractivity (Wildman–Crippen MR) is 120 cm³/mol. The number of carbonyl (C=O) groups is 2. The number of nitrogens with two attached hydrogens (primary N) is 2. The van der Waals surface area contributed by atoms with Crippen LogP contribution in [-0.4, -0.2) is 30.2 Å². The molecule has 0 radical (unpaired) electrons. The highest BCUT2D eigenvalue weighted by Gasteiger charge is 2.26. The fourth-order valence-corrected chi connectivity index (χ4v) is 3.87. The van der Waals surface area contributed by atoms with Crippen LogP contribution in [-0.2, 0) is 4.79 Å². The minimum atomic E-state index is -0.409. The maximum absolute atomic E-state index is 13.4. The molecule has 2 unspecified atom stereocenters. The molecule has 7 nitrogen and oxygen atoms in total. The van der Waals surface area contributed by atoms with E-state index >= 15 is 0 Å². The van der Waals surface area contributed by atoms with E-state index in [4.69, 9.17) is 16.9 Å². The fourth-order valence-electron chi connectivity index (χ4n) is 3.87. The van der Waals surface area contributed by atoms with E-state index in [2.05, 4.69) is 12.2 Å². The lowest BCUT2D eigenvalue weighted by atomic mass is 9.86. The number of hydrogen-bond acceptors (Lipinski definition) is 4. The molecule has 2 atom stereocenters. The van der Waals surface area contributed by atoms with Gasteiger partial charge in [-0.3, -0.25) is 19.9 Å². The van der Waals surface area contributed by atoms with Gasteiger partial charge in [-0.15, -0.1) is 0 Å². The van der Waals surface area contributed by atoms with Crippen LogP contribution in [0.15, 0.2) is 48.5 Å². The van der Waals surface area contributed by atoms with Gasteiger partial charge in [-0.05, 0) is 49.1 Å². The Kier molecular flexibility index (Phi) is 6.72. The molecule has 158 valence electrons. The average Bonchev–Trinajstić information content (AvgIpc) is 2.74. The number of rotatable bonds is 6. The van der Waals surface area contributed by atoms with Crippen molar-refractivity contribution in [2.45, 2.75) is 38.6 Å². The molecule has 0 spiro atoms. The maximum atomic E-state index is 13.4. The number of carbonyl (C=O) groups excluding carboxylic acids is 2. The summed E-state index contributed by atoms with van der Waals surface area (Å²) in [4.78, 5) is 27.6. The highest BCUT2D eigenvalue weighted by atomic mass is 16.2. The second-order valence-corrected chi connectivity index (χ2v) is 7.88. The Balaban J connectivity index is 1.86. The minimum Gasteiger partial charge on any atom is -0.398 e. The van der Waals surface area contributed by atoms with Crippen LogP contribution in [0.25, 0.3) is 0 Å². The van der Waals surface area contributed by atoms with Gasteiger partial charge in [0.2, 0.25) is 5.91 Å². The summed E-state index contributed by atoms with van der Waals surface area (Å²) in [6.45, 7) is 2.04. The molecule has 2 aromatic carbocycles. The summed E-state index contributed by atoms with van der Waals surface area (Å²) < 4.78 is 0. The van der Waals surface area contributed by atoms with E-state index in [1.165, 1.54) is 17.4 Å². The molecule has 30 heavy (non-hydrogen) atoms. The molecule has 2 amide bonds. The summed E-state index contributed by atoms with van der Waals surface area (Å²) in [6.07, 6.45) is 4.35. The van der Waals surface area contributed by atoms with E-state index in [1.807, 2.05) is 18.2 Å². The Hall–Kier alpha value is -3.35. The Labute approximate surface area is 176 Å². The van der Waals surface area contributed by atoms with Gasteiger partial charge < -0.3 is 16.8 Å². The Bertz CT molecular complexity index is 928. The summed E-state index contributed by atoms with van der Waals surface area (Å²) in [6, 6.07) is 13.8. The standard InChI is InChI=1S/C23H29N5O2/c1-15-7-5-6-10-20(15)27-21(29)14-28(17-8-3-2-4-9-17)23(30)18-13-16(22(25)26)11-12-19(18)24/h2-4,8-9,11-13,15,20H,5-7,10,14,24H2,1H3,(H3,25,26)(H,27,29). The molecule has 0 heterocycles. The molecule has 6 N–H and O–H groups in total. The lowest BCUT2D eigenvalue weighted by Gasteiger charge is -2.31. The van der Waals surface area contributed by atoms with Gasteiger partial charge >= 0.3 is 0 Å². The van der Waals surface area contributed by atoms with Gasteiger partial charge in [0.15, 0.2) is 0 Å². The van der Waals surface area contributed by atoms with Crippen LogP contribution in [0.4, 0.5) is 11.4 Å². The zero-order chi connectivity index (χ0) is 21.7.